The fourth-order valence-corrected chi connectivity index (χ4v) is 3.67. The van der Waals surface area contributed by atoms with Crippen LogP contribution in [0.4, 0.5) is 5.69 Å². The Morgan fingerprint density at radius 1 is 0.795 bits per heavy atom. The molecule has 0 saturated carbocycles. The summed E-state index contributed by atoms with van der Waals surface area (Å²) in [4.78, 5) is 37.8. The van der Waals surface area contributed by atoms with Crippen LogP contribution in [0.3, 0.4) is 0 Å². The average molecular weight is 547 g/mol. The number of hydrogen-bond acceptors (Lipinski definition) is 5. The smallest absolute Gasteiger partial charge is 0.269 e. The molecule has 204 valence electrons. The second-order valence-electron chi connectivity index (χ2n) is 9.92. The fourth-order valence-electron chi connectivity index (χ4n) is 3.52. The molecule has 3 aromatic rings. The number of hydrogen-bond donors (Lipinski definition) is 4. The van der Waals surface area contributed by atoms with E-state index in [0.717, 1.165) is 18.4 Å². The summed E-state index contributed by atoms with van der Waals surface area (Å²) in [6.07, 6.45) is 1.85. The van der Waals surface area contributed by atoms with Gasteiger partial charge in [-0.1, -0.05) is 58.4 Å². The summed E-state index contributed by atoms with van der Waals surface area (Å²) in [5.41, 5.74) is 7.89. The Bertz CT molecular complexity index is 1320. The molecular weight excluding hydrogens is 512 g/mol. The van der Waals surface area contributed by atoms with E-state index >= 15 is 0 Å². The van der Waals surface area contributed by atoms with E-state index in [1.807, 2.05) is 12.1 Å². The van der Waals surface area contributed by atoms with E-state index in [4.69, 9.17) is 17.0 Å². The number of benzene rings is 3. The van der Waals surface area contributed by atoms with E-state index in [9.17, 15) is 14.4 Å². The van der Waals surface area contributed by atoms with E-state index in [1.165, 1.54) is 0 Å². The first kappa shape index (κ1) is 29.3. The highest BCUT2D eigenvalue weighted by Gasteiger charge is 2.16. The summed E-state index contributed by atoms with van der Waals surface area (Å²) in [5, 5.41) is 5.29. The second-order valence-corrected chi connectivity index (χ2v) is 10.3. The summed E-state index contributed by atoms with van der Waals surface area (Å²) < 4.78 is 5.69. The summed E-state index contributed by atoms with van der Waals surface area (Å²) in [5.74, 6) is -0.704. The van der Waals surface area contributed by atoms with E-state index in [0.29, 0.717) is 34.7 Å². The van der Waals surface area contributed by atoms with Gasteiger partial charge in [0, 0.05) is 16.8 Å². The first-order valence-electron chi connectivity index (χ1n) is 12.7. The number of para-hydroxylation sites is 1. The number of amides is 3. The zero-order valence-electron chi connectivity index (χ0n) is 22.6. The predicted octanol–water partition coefficient (Wildman–Crippen LogP) is 5.36. The van der Waals surface area contributed by atoms with Crippen molar-refractivity contribution in [1.29, 1.82) is 0 Å². The van der Waals surface area contributed by atoms with Crippen molar-refractivity contribution >= 4 is 40.7 Å². The molecule has 3 amide bonds. The normalized spacial score (nSPS) is 10.8. The Balaban J connectivity index is 1.50. The molecule has 0 heterocycles. The fraction of sp³-hybridized carbons (Fsp3) is 0.267. The van der Waals surface area contributed by atoms with Crippen molar-refractivity contribution in [3.63, 3.8) is 0 Å². The zero-order chi connectivity index (χ0) is 28.4. The lowest BCUT2D eigenvalue weighted by atomic mass is 9.87. The van der Waals surface area contributed by atoms with Crippen molar-refractivity contribution in [2.45, 2.75) is 46.0 Å². The van der Waals surface area contributed by atoms with Crippen LogP contribution in [0.5, 0.6) is 5.75 Å². The second kappa shape index (κ2) is 13.5. The Labute approximate surface area is 234 Å². The molecule has 9 heteroatoms. The molecule has 0 radical (unpaired) electrons. The van der Waals surface area contributed by atoms with Crippen LogP contribution >= 0.6 is 12.2 Å². The van der Waals surface area contributed by atoms with Gasteiger partial charge in [-0.3, -0.25) is 30.6 Å². The van der Waals surface area contributed by atoms with Gasteiger partial charge in [0.25, 0.3) is 17.7 Å². The minimum absolute atomic E-state index is 0.00384. The number of ether oxygens (including phenoxy) is 1. The third-order valence-electron chi connectivity index (χ3n) is 5.82. The van der Waals surface area contributed by atoms with Gasteiger partial charge in [0.1, 0.15) is 5.75 Å². The van der Waals surface area contributed by atoms with Crippen LogP contribution in [0.15, 0.2) is 72.8 Å². The maximum atomic E-state index is 12.6. The van der Waals surface area contributed by atoms with Gasteiger partial charge < -0.3 is 10.1 Å². The Morgan fingerprint density at radius 2 is 1.41 bits per heavy atom. The molecule has 8 nitrogen and oxygen atoms in total. The summed E-state index contributed by atoms with van der Waals surface area (Å²) >= 11 is 5.14. The van der Waals surface area contributed by atoms with Crippen LogP contribution in [0, 0.1) is 0 Å². The number of thiocarbonyl (C=S) groups is 1. The molecule has 0 saturated heterocycles. The van der Waals surface area contributed by atoms with Gasteiger partial charge in [-0.25, -0.2) is 0 Å². The van der Waals surface area contributed by atoms with Crippen molar-refractivity contribution in [1.82, 2.24) is 16.2 Å². The van der Waals surface area contributed by atoms with Crippen molar-refractivity contribution in [3.8, 4) is 5.75 Å². The standard InChI is InChI=1S/C30H34N4O4S/c1-5-6-19-38-25-10-8-7-9-24(25)28(37)32-29(39)34-33-27(36)21-13-17-23(18-14-21)31-26(35)20-11-15-22(16-12-20)30(2,3)4/h7-18H,5-6,19H2,1-4H3,(H,31,35)(H,33,36)(H2,32,34,37,39). The summed E-state index contributed by atoms with van der Waals surface area (Å²) in [7, 11) is 0. The SMILES string of the molecule is CCCCOc1ccccc1C(=O)NC(=S)NNC(=O)c1ccc(NC(=O)c2ccc(C(C)(C)C)cc2)cc1. The third kappa shape index (κ3) is 8.65. The largest absolute Gasteiger partial charge is 0.493 e. The number of anilines is 1. The minimum Gasteiger partial charge on any atom is -0.493 e. The molecule has 0 atom stereocenters. The molecule has 39 heavy (non-hydrogen) atoms. The van der Waals surface area contributed by atoms with Gasteiger partial charge in [0.2, 0.25) is 0 Å². The van der Waals surface area contributed by atoms with Gasteiger partial charge in [-0.15, -0.1) is 0 Å². The quantitative estimate of drug-likeness (QED) is 0.172. The van der Waals surface area contributed by atoms with E-state index < -0.39 is 11.8 Å². The van der Waals surface area contributed by atoms with Gasteiger partial charge in [-0.2, -0.15) is 0 Å². The van der Waals surface area contributed by atoms with Crippen molar-refractivity contribution in [2.24, 2.45) is 0 Å². The van der Waals surface area contributed by atoms with Crippen LogP contribution in [0.2, 0.25) is 0 Å². The maximum absolute atomic E-state index is 12.6. The zero-order valence-corrected chi connectivity index (χ0v) is 23.4. The Hall–Kier alpha value is -4.24. The first-order chi connectivity index (χ1) is 18.6. The number of unbranched alkanes of at least 4 members (excludes halogenated alkanes) is 1. The molecule has 0 aliphatic carbocycles. The van der Waals surface area contributed by atoms with Crippen LogP contribution in [0.25, 0.3) is 0 Å². The van der Waals surface area contributed by atoms with Crippen LogP contribution in [0.1, 0.15) is 77.2 Å². The molecule has 0 aliphatic heterocycles. The number of carbonyl (C=O) groups is 3. The molecule has 3 rings (SSSR count). The van der Waals surface area contributed by atoms with Crippen molar-refractivity contribution < 1.29 is 19.1 Å². The number of rotatable bonds is 8. The van der Waals surface area contributed by atoms with Gasteiger partial charge in [-0.05, 0) is 78.1 Å². The summed E-state index contributed by atoms with van der Waals surface area (Å²) in [6, 6.07) is 20.8. The van der Waals surface area contributed by atoms with E-state index in [1.54, 1.807) is 60.7 Å². The Kier molecular flexibility index (Phi) is 10.2. The molecule has 3 aromatic carbocycles. The van der Waals surface area contributed by atoms with Gasteiger partial charge >= 0.3 is 0 Å². The molecule has 0 aromatic heterocycles. The predicted molar refractivity (Wildman–Crippen MR) is 157 cm³/mol. The monoisotopic (exact) mass is 546 g/mol. The minimum atomic E-state index is -0.467. The first-order valence-corrected chi connectivity index (χ1v) is 13.1. The Morgan fingerprint density at radius 3 is 2.05 bits per heavy atom. The lowest BCUT2D eigenvalue weighted by molar-refractivity contribution is 0.0933. The number of hydrazine groups is 1. The molecule has 0 spiro atoms. The molecule has 0 aliphatic rings. The van der Waals surface area contributed by atoms with Crippen LogP contribution in [-0.4, -0.2) is 29.4 Å². The molecule has 4 N–H and O–H groups in total. The van der Waals surface area contributed by atoms with Gasteiger partial charge in [0.05, 0.1) is 12.2 Å². The lowest BCUT2D eigenvalue weighted by Crippen LogP contribution is -2.48. The highest BCUT2D eigenvalue weighted by atomic mass is 32.1. The number of nitrogens with one attached hydrogen (secondary N) is 4. The van der Waals surface area contributed by atoms with Crippen LogP contribution in [-0.2, 0) is 5.41 Å². The van der Waals surface area contributed by atoms with E-state index in [2.05, 4.69) is 49.2 Å². The third-order valence-corrected chi connectivity index (χ3v) is 6.03. The van der Waals surface area contributed by atoms with Crippen molar-refractivity contribution in [3.05, 3.63) is 95.1 Å². The topological polar surface area (TPSA) is 109 Å². The molecular formula is C30H34N4O4S. The highest BCUT2D eigenvalue weighted by Crippen LogP contribution is 2.22. The van der Waals surface area contributed by atoms with E-state index in [-0.39, 0.29) is 16.4 Å². The van der Waals surface area contributed by atoms with Crippen molar-refractivity contribution in [2.75, 3.05) is 11.9 Å². The molecule has 0 unspecified atom stereocenters. The average Bonchev–Trinajstić information content (AvgIpc) is 2.92. The van der Waals surface area contributed by atoms with Gasteiger partial charge in [0.15, 0.2) is 5.11 Å². The van der Waals surface area contributed by atoms with Crippen LogP contribution < -0.4 is 26.2 Å². The maximum Gasteiger partial charge on any atom is 0.269 e. The number of carbonyl (C=O) groups excluding carboxylic acids is 3. The highest BCUT2D eigenvalue weighted by molar-refractivity contribution is 7.80. The molecule has 0 fully saturated rings. The lowest BCUT2D eigenvalue weighted by Gasteiger charge is -2.19. The molecule has 0 bridgehead atoms. The summed E-state index contributed by atoms with van der Waals surface area (Å²) in [6.45, 7) is 8.91.